The molecular formula is C11H15NO2Se. The zero-order valence-corrected chi connectivity index (χ0v) is 10.7. The number of rotatable bonds is 5. The molecule has 1 rings (SSSR count). The van der Waals surface area contributed by atoms with E-state index < -0.39 is 0 Å². The number of benzene rings is 1. The van der Waals surface area contributed by atoms with E-state index >= 15 is 0 Å². The second-order valence-corrected chi connectivity index (χ2v) is 5.44. The van der Waals surface area contributed by atoms with Gasteiger partial charge in [0.2, 0.25) is 0 Å². The normalized spacial score (nSPS) is 10.0. The van der Waals surface area contributed by atoms with E-state index in [1.165, 1.54) is 16.6 Å². The van der Waals surface area contributed by atoms with Crippen LogP contribution in [0.5, 0.6) is 0 Å². The van der Waals surface area contributed by atoms with Crippen LogP contribution in [0.1, 0.15) is 6.42 Å². The Labute approximate surface area is 96.5 Å². The number of amides is 1. The number of carbonyl (C=O) groups is 1. The fourth-order valence-electron chi connectivity index (χ4n) is 1.03. The predicted octanol–water partition coefficient (Wildman–Crippen LogP) is 0.844. The molecule has 0 aliphatic rings. The van der Waals surface area contributed by atoms with Gasteiger partial charge in [-0.1, -0.05) is 0 Å². The van der Waals surface area contributed by atoms with E-state index in [0.29, 0.717) is 21.4 Å². The molecule has 0 atom stereocenters. The summed E-state index contributed by atoms with van der Waals surface area (Å²) >= 11 is 0.380. The fraction of sp³-hybridized carbons (Fsp3) is 0.364. The van der Waals surface area contributed by atoms with Gasteiger partial charge in [-0.15, -0.1) is 0 Å². The van der Waals surface area contributed by atoms with Gasteiger partial charge in [-0.05, 0) is 0 Å². The zero-order valence-electron chi connectivity index (χ0n) is 8.97. The second-order valence-electron chi connectivity index (χ2n) is 2.99. The third kappa shape index (κ3) is 4.47. The van der Waals surface area contributed by atoms with E-state index in [1.807, 2.05) is 18.2 Å². The molecule has 0 aromatic heterocycles. The summed E-state index contributed by atoms with van der Waals surface area (Å²) in [6, 6.07) is 10.3. The molecule has 3 nitrogen and oxygen atoms in total. The first-order valence-corrected chi connectivity index (χ1v) is 6.79. The molecule has 1 amide bonds. The molecule has 4 heteroatoms. The van der Waals surface area contributed by atoms with E-state index in [9.17, 15) is 4.79 Å². The van der Waals surface area contributed by atoms with Gasteiger partial charge < -0.3 is 0 Å². The summed E-state index contributed by atoms with van der Waals surface area (Å²) in [6.45, 7) is 0. The Morgan fingerprint density at radius 3 is 2.67 bits per heavy atom. The Kier molecular flexibility index (Phi) is 5.40. The van der Waals surface area contributed by atoms with Crippen LogP contribution in [0.25, 0.3) is 0 Å². The monoisotopic (exact) mass is 273 g/mol. The van der Waals surface area contributed by atoms with Crippen molar-refractivity contribution in [3.63, 3.8) is 0 Å². The number of nitrogens with zero attached hydrogens (tertiary/aromatic N) is 1. The maximum atomic E-state index is 11.4. The van der Waals surface area contributed by atoms with Crippen molar-refractivity contribution in [2.75, 3.05) is 14.2 Å². The van der Waals surface area contributed by atoms with Crippen LogP contribution in [0.2, 0.25) is 5.32 Å². The molecule has 82 valence electrons. The van der Waals surface area contributed by atoms with E-state index in [4.69, 9.17) is 4.84 Å². The van der Waals surface area contributed by atoms with Crippen LogP contribution in [0.3, 0.4) is 0 Å². The molecule has 0 unspecified atom stereocenters. The molecule has 0 fully saturated rings. The van der Waals surface area contributed by atoms with E-state index in [2.05, 4.69) is 12.1 Å². The van der Waals surface area contributed by atoms with Gasteiger partial charge in [0.15, 0.2) is 0 Å². The first kappa shape index (κ1) is 12.2. The van der Waals surface area contributed by atoms with Gasteiger partial charge in [0.25, 0.3) is 0 Å². The van der Waals surface area contributed by atoms with Crippen molar-refractivity contribution in [3.05, 3.63) is 30.3 Å². The molecule has 1 aromatic rings. The Balaban J connectivity index is 2.25. The second kappa shape index (κ2) is 6.62. The van der Waals surface area contributed by atoms with Gasteiger partial charge in [-0.25, -0.2) is 0 Å². The first-order chi connectivity index (χ1) is 7.24. The average molecular weight is 272 g/mol. The first-order valence-electron chi connectivity index (χ1n) is 4.72. The molecule has 0 spiro atoms. The van der Waals surface area contributed by atoms with Crippen molar-refractivity contribution in [1.82, 2.24) is 5.06 Å². The average Bonchev–Trinajstić information content (AvgIpc) is 2.29. The van der Waals surface area contributed by atoms with Crippen molar-refractivity contribution in [2.45, 2.75) is 11.7 Å². The quantitative estimate of drug-likeness (QED) is 0.587. The van der Waals surface area contributed by atoms with Crippen molar-refractivity contribution in [1.29, 1.82) is 0 Å². The van der Waals surface area contributed by atoms with Crippen molar-refractivity contribution < 1.29 is 9.63 Å². The van der Waals surface area contributed by atoms with Crippen molar-refractivity contribution in [2.24, 2.45) is 0 Å². The molecule has 1 aromatic carbocycles. The molecule has 0 saturated heterocycles. The van der Waals surface area contributed by atoms with Gasteiger partial charge in [0.05, 0.1) is 0 Å². The minimum absolute atomic E-state index is 0.0373. The molecule has 0 N–H and O–H groups in total. The number of hydrogen-bond acceptors (Lipinski definition) is 2. The van der Waals surface area contributed by atoms with Crippen LogP contribution < -0.4 is 4.46 Å². The summed E-state index contributed by atoms with van der Waals surface area (Å²) in [5, 5.41) is 2.20. The Morgan fingerprint density at radius 2 is 2.07 bits per heavy atom. The van der Waals surface area contributed by atoms with Gasteiger partial charge in [0, 0.05) is 0 Å². The molecule has 0 saturated carbocycles. The van der Waals surface area contributed by atoms with Gasteiger partial charge >= 0.3 is 96.3 Å². The molecule has 0 heterocycles. The number of hydroxylamine groups is 2. The summed E-state index contributed by atoms with van der Waals surface area (Å²) in [5.74, 6) is 0.0373. The third-order valence-corrected chi connectivity index (χ3v) is 4.08. The van der Waals surface area contributed by atoms with Gasteiger partial charge in [-0.2, -0.15) is 0 Å². The fourth-order valence-corrected chi connectivity index (χ4v) is 2.84. The van der Waals surface area contributed by atoms with Crippen LogP contribution in [0, 0.1) is 0 Å². The Hall–Kier alpha value is -0.831. The Bertz CT molecular complexity index is 303. The van der Waals surface area contributed by atoms with Gasteiger partial charge in [-0.3, -0.25) is 0 Å². The van der Waals surface area contributed by atoms with Crippen LogP contribution in [0.15, 0.2) is 30.3 Å². The molecule has 0 aliphatic heterocycles. The van der Waals surface area contributed by atoms with Crippen LogP contribution in [-0.2, 0) is 9.63 Å². The Morgan fingerprint density at radius 1 is 1.40 bits per heavy atom. The summed E-state index contributed by atoms with van der Waals surface area (Å²) in [7, 11) is 3.14. The molecular weight excluding hydrogens is 257 g/mol. The van der Waals surface area contributed by atoms with Crippen molar-refractivity contribution >= 4 is 25.3 Å². The van der Waals surface area contributed by atoms with Gasteiger partial charge in [0.1, 0.15) is 0 Å². The van der Waals surface area contributed by atoms with Crippen LogP contribution >= 0.6 is 0 Å². The summed E-state index contributed by atoms with van der Waals surface area (Å²) in [6.07, 6.45) is 0.555. The molecule has 15 heavy (non-hydrogen) atoms. The van der Waals surface area contributed by atoms with Crippen LogP contribution in [-0.4, -0.2) is 40.1 Å². The van der Waals surface area contributed by atoms with Crippen LogP contribution in [0.4, 0.5) is 0 Å². The summed E-state index contributed by atoms with van der Waals surface area (Å²) in [4.78, 5) is 16.2. The predicted molar refractivity (Wildman–Crippen MR) is 61.0 cm³/mol. The van der Waals surface area contributed by atoms with E-state index in [0.717, 1.165) is 5.32 Å². The molecule has 0 aliphatic carbocycles. The zero-order chi connectivity index (χ0) is 11.1. The van der Waals surface area contributed by atoms with E-state index in [1.54, 1.807) is 7.05 Å². The molecule has 0 bridgehead atoms. The molecule has 0 radical (unpaired) electrons. The third-order valence-electron chi connectivity index (χ3n) is 1.95. The standard InChI is InChI=1S/C11H15NO2Se/c1-12(14-2)11(13)8-9-15-10-6-4-3-5-7-10/h3-7H,8-9H2,1-2H3. The summed E-state index contributed by atoms with van der Waals surface area (Å²) in [5.41, 5.74) is 0. The maximum absolute atomic E-state index is 11.4. The number of hydrogen-bond donors (Lipinski definition) is 0. The SMILES string of the molecule is CON(C)C(=O)CC[Se]c1ccccc1. The topological polar surface area (TPSA) is 29.5 Å². The van der Waals surface area contributed by atoms with Crippen molar-refractivity contribution in [3.8, 4) is 0 Å². The number of carbonyl (C=O) groups excluding carboxylic acids is 1. The minimum atomic E-state index is 0.0373. The van der Waals surface area contributed by atoms with E-state index in [-0.39, 0.29) is 5.91 Å². The summed E-state index contributed by atoms with van der Waals surface area (Å²) < 4.78 is 1.33.